The van der Waals surface area contributed by atoms with E-state index in [0.717, 1.165) is 30.2 Å². The number of nitrogens with zero attached hydrogens (tertiary/aromatic N) is 1. The standard InChI is InChI=1S/C15H19N3O/c16-6-5-11-7-14(8-11)18-13-3-1-12(2-4-13)15-9-17-10-19-15/h1-4,9-11,14,18H,5-8,16H2. The van der Waals surface area contributed by atoms with Gasteiger partial charge in [-0.3, -0.25) is 0 Å². The maximum absolute atomic E-state index is 5.57. The van der Waals surface area contributed by atoms with Gasteiger partial charge in [-0.05, 0) is 56.0 Å². The number of nitrogens with two attached hydrogens (primary N) is 1. The number of nitrogens with one attached hydrogen (secondary N) is 1. The van der Waals surface area contributed by atoms with E-state index in [1.54, 1.807) is 6.20 Å². The van der Waals surface area contributed by atoms with Crippen molar-refractivity contribution in [2.24, 2.45) is 11.7 Å². The Morgan fingerprint density at radius 2 is 2.05 bits per heavy atom. The molecule has 0 spiro atoms. The van der Waals surface area contributed by atoms with Crippen molar-refractivity contribution in [2.75, 3.05) is 11.9 Å². The molecular weight excluding hydrogens is 238 g/mol. The number of hydrogen-bond acceptors (Lipinski definition) is 4. The molecule has 1 aromatic carbocycles. The summed E-state index contributed by atoms with van der Waals surface area (Å²) in [4.78, 5) is 3.93. The van der Waals surface area contributed by atoms with E-state index >= 15 is 0 Å². The molecule has 0 amide bonds. The minimum absolute atomic E-state index is 0.604. The van der Waals surface area contributed by atoms with Crippen LogP contribution in [0.15, 0.2) is 41.3 Å². The van der Waals surface area contributed by atoms with E-state index in [-0.39, 0.29) is 0 Å². The van der Waals surface area contributed by atoms with Crippen molar-refractivity contribution in [3.05, 3.63) is 36.9 Å². The molecule has 3 N–H and O–H groups in total. The molecule has 2 aromatic rings. The molecule has 0 unspecified atom stereocenters. The highest BCUT2D eigenvalue weighted by Crippen LogP contribution is 2.32. The lowest BCUT2D eigenvalue weighted by atomic mass is 9.78. The molecule has 100 valence electrons. The van der Waals surface area contributed by atoms with E-state index in [4.69, 9.17) is 10.2 Å². The van der Waals surface area contributed by atoms with Gasteiger partial charge in [0.2, 0.25) is 0 Å². The first kappa shape index (κ1) is 12.2. The van der Waals surface area contributed by atoms with Crippen molar-refractivity contribution in [2.45, 2.75) is 25.3 Å². The second kappa shape index (κ2) is 5.45. The van der Waals surface area contributed by atoms with Crippen LogP contribution in [-0.2, 0) is 0 Å². The van der Waals surface area contributed by atoms with Crippen LogP contribution in [0.1, 0.15) is 19.3 Å². The van der Waals surface area contributed by atoms with E-state index in [1.165, 1.54) is 24.9 Å². The van der Waals surface area contributed by atoms with Gasteiger partial charge < -0.3 is 15.5 Å². The Balaban J connectivity index is 1.56. The van der Waals surface area contributed by atoms with E-state index in [2.05, 4.69) is 34.6 Å². The molecule has 0 saturated heterocycles. The zero-order valence-corrected chi connectivity index (χ0v) is 10.9. The van der Waals surface area contributed by atoms with Crippen molar-refractivity contribution >= 4 is 5.69 Å². The maximum atomic E-state index is 5.57. The van der Waals surface area contributed by atoms with Gasteiger partial charge in [0.1, 0.15) is 0 Å². The van der Waals surface area contributed by atoms with Crippen LogP contribution < -0.4 is 11.1 Å². The van der Waals surface area contributed by atoms with E-state index in [1.807, 2.05) is 0 Å². The molecule has 3 rings (SSSR count). The second-order valence-corrected chi connectivity index (χ2v) is 5.20. The fraction of sp³-hybridized carbons (Fsp3) is 0.400. The van der Waals surface area contributed by atoms with Crippen LogP contribution in [0.4, 0.5) is 5.69 Å². The topological polar surface area (TPSA) is 64.1 Å². The molecule has 4 nitrogen and oxygen atoms in total. The van der Waals surface area contributed by atoms with Gasteiger partial charge in [0.05, 0.1) is 6.20 Å². The molecule has 0 radical (unpaired) electrons. The van der Waals surface area contributed by atoms with Crippen LogP contribution in [0.5, 0.6) is 0 Å². The van der Waals surface area contributed by atoms with Gasteiger partial charge in [-0.2, -0.15) is 0 Å². The molecule has 4 heteroatoms. The number of anilines is 1. The summed E-state index contributed by atoms with van der Waals surface area (Å²) in [6.45, 7) is 0.809. The molecule has 1 heterocycles. The normalized spacial score (nSPS) is 21.9. The van der Waals surface area contributed by atoms with Gasteiger partial charge >= 0.3 is 0 Å². The number of aromatic nitrogens is 1. The summed E-state index contributed by atoms with van der Waals surface area (Å²) in [7, 11) is 0. The summed E-state index contributed by atoms with van der Waals surface area (Å²) in [5.41, 5.74) is 7.79. The monoisotopic (exact) mass is 257 g/mol. The summed E-state index contributed by atoms with van der Waals surface area (Å²) >= 11 is 0. The Hall–Kier alpha value is -1.81. The minimum atomic E-state index is 0.604. The summed E-state index contributed by atoms with van der Waals surface area (Å²) in [6, 6.07) is 8.90. The summed E-state index contributed by atoms with van der Waals surface area (Å²) in [5, 5.41) is 3.55. The van der Waals surface area contributed by atoms with E-state index < -0.39 is 0 Å². The molecule has 1 aliphatic rings. The van der Waals surface area contributed by atoms with Crippen LogP contribution in [-0.4, -0.2) is 17.6 Å². The van der Waals surface area contributed by atoms with Gasteiger partial charge in [0.25, 0.3) is 0 Å². The molecule has 0 atom stereocenters. The number of hydrogen-bond donors (Lipinski definition) is 2. The highest BCUT2D eigenvalue weighted by atomic mass is 16.3. The molecule has 0 bridgehead atoms. The average Bonchev–Trinajstić information content (AvgIpc) is 2.91. The number of oxazole rings is 1. The van der Waals surface area contributed by atoms with Crippen LogP contribution in [0.3, 0.4) is 0 Å². The molecular formula is C15H19N3O. The zero-order valence-electron chi connectivity index (χ0n) is 10.9. The highest BCUT2D eigenvalue weighted by Gasteiger charge is 2.27. The Morgan fingerprint density at radius 3 is 2.68 bits per heavy atom. The molecule has 1 saturated carbocycles. The predicted molar refractivity (Wildman–Crippen MR) is 75.7 cm³/mol. The summed E-state index contributed by atoms with van der Waals surface area (Å²) in [5.74, 6) is 1.62. The Bertz CT molecular complexity index is 501. The largest absolute Gasteiger partial charge is 0.444 e. The van der Waals surface area contributed by atoms with E-state index in [9.17, 15) is 0 Å². The lowest BCUT2D eigenvalue weighted by molar-refractivity contribution is 0.269. The highest BCUT2D eigenvalue weighted by molar-refractivity contribution is 5.60. The van der Waals surface area contributed by atoms with Crippen LogP contribution >= 0.6 is 0 Å². The van der Waals surface area contributed by atoms with Crippen LogP contribution in [0, 0.1) is 5.92 Å². The average molecular weight is 257 g/mol. The third kappa shape index (κ3) is 2.79. The van der Waals surface area contributed by atoms with Gasteiger partial charge in [-0.25, -0.2) is 4.98 Å². The fourth-order valence-electron chi connectivity index (χ4n) is 2.65. The van der Waals surface area contributed by atoms with Crippen LogP contribution in [0.25, 0.3) is 11.3 Å². The van der Waals surface area contributed by atoms with Crippen molar-refractivity contribution in [3.8, 4) is 11.3 Å². The predicted octanol–water partition coefficient (Wildman–Crippen LogP) is 2.88. The third-order valence-electron chi connectivity index (χ3n) is 3.78. The SMILES string of the molecule is NCCC1CC(Nc2ccc(-c3cnco3)cc2)C1. The smallest absolute Gasteiger partial charge is 0.181 e. The fourth-order valence-corrected chi connectivity index (χ4v) is 2.65. The van der Waals surface area contributed by atoms with Gasteiger partial charge in [-0.15, -0.1) is 0 Å². The minimum Gasteiger partial charge on any atom is -0.444 e. The molecule has 19 heavy (non-hydrogen) atoms. The second-order valence-electron chi connectivity index (χ2n) is 5.20. The zero-order chi connectivity index (χ0) is 13.1. The Morgan fingerprint density at radius 1 is 1.26 bits per heavy atom. The van der Waals surface area contributed by atoms with Gasteiger partial charge in [-0.1, -0.05) is 0 Å². The summed E-state index contributed by atoms with van der Waals surface area (Å²) < 4.78 is 5.27. The third-order valence-corrected chi connectivity index (χ3v) is 3.78. The molecule has 1 aromatic heterocycles. The quantitative estimate of drug-likeness (QED) is 0.864. The number of rotatable bonds is 5. The molecule has 0 aliphatic heterocycles. The maximum Gasteiger partial charge on any atom is 0.181 e. The number of benzene rings is 1. The Labute approximate surface area is 113 Å². The summed E-state index contributed by atoms with van der Waals surface area (Å²) in [6.07, 6.45) is 6.81. The first-order chi connectivity index (χ1) is 9.35. The lowest BCUT2D eigenvalue weighted by Crippen LogP contribution is -2.36. The lowest BCUT2D eigenvalue weighted by Gasteiger charge is -2.36. The van der Waals surface area contributed by atoms with E-state index in [0.29, 0.717) is 6.04 Å². The first-order valence-electron chi connectivity index (χ1n) is 6.80. The van der Waals surface area contributed by atoms with Crippen molar-refractivity contribution in [3.63, 3.8) is 0 Å². The molecule has 1 fully saturated rings. The van der Waals surface area contributed by atoms with Crippen molar-refractivity contribution in [1.82, 2.24) is 4.98 Å². The van der Waals surface area contributed by atoms with Crippen molar-refractivity contribution in [1.29, 1.82) is 0 Å². The van der Waals surface area contributed by atoms with Gasteiger partial charge in [0, 0.05) is 17.3 Å². The first-order valence-corrected chi connectivity index (χ1v) is 6.80. The van der Waals surface area contributed by atoms with Gasteiger partial charge in [0.15, 0.2) is 12.2 Å². The van der Waals surface area contributed by atoms with Crippen LogP contribution in [0.2, 0.25) is 0 Å². The molecule has 1 aliphatic carbocycles. The van der Waals surface area contributed by atoms with Crippen molar-refractivity contribution < 1.29 is 4.42 Å². The Kier molecular flexibility index (Phi) is 3.51.